The minimum absolute atomic E-state index is 0.0233. The average molecular weight is 356 g/mol. The molecule has 0 aliphatic carbocycles. The summed E-state index contributed by atoms with van der Waals surface area (Å²) in [4.78, 5) is 29.9. The Kier molecular flexibility index (Phi) is 4.39. The molecule has 3 aliphatic heterocycles. The van der Waals surface area contributed by atoms with Gasteiger partial charge in [0.25, 0.3) is 0 Å². The number of nitrogens with one attached hydrogen (secondary N) is 2. The van der Waals surface area contributed by atoms with Crippen LogP contribution in [0.25, 0.3) is 0 Å². The number of piperidine rings is 1. The Bertz CT molecular complexity index is 710. The molecule has 0 saturated carbocycles. The molecule has 3 heterocycles. The van der Waals surface area contributed by atoms with Gasteiger partial charge in [-0.3, -0.25) is 9.59 Å². The molecule has 2 N–H and O–H groups in total. The van der Waals surface area contributed by atoms with E-state index in [2.05, 4.69) is 29.4 Å². The van der Waals surface area contributed by atoms with Crippen LogP contribution in [0.15, 0.2) is 24.3 Å². The lowest BCUT2D eigenvalue weighted by molar-refractivity contribution is -0.138. The van der Waals surface area contributed by atoms with E-state index in [9.17, 15) is 9.59 Å². The standard InChI is InChI=1S/C20H28N4O2/c1-14(2)24-10-7-15(13-24)18(25)23-11-8-20(9-12-23)19(26)21-16-5-3-4-6-17(16)22-20/h3-6,14-15,22H,7-13H2,1-2H3,(H,21,26). The zero-order chi connectivity index (χ0) is 18.3. The van der Waals surface area contributed by atoms with E-state index in [1.54, 1.807) is 0 Å². The molecular weight excluding hydrogens is 328 g/mol. The van der Waals surface area contributed by atoms with Crippen LogP contribution in [-0.2, 0) is 9.59 Å². The number of hydrogen-bond acceptors (Lipinski definition) is 4. The van der Waals surface area contributed by atoms with Crippen LogP contribution in [0.1, 0.15) is 33.1 Å². The molecule has 0 aromatic heterocycles. The molecule has 1 aromatic rings. The van der Waals surface area contributed by atoms with E-state index in [1.165, 1.54) is 0 Å². The number of carbonyl (C=O) groups excluding carboxylic acids is 2. The lowest BCUT2D eigenvalue weighted by Gasteiger charge is -2.44. The van der Waals surface area contributed by atoms with Gasteiger partial charge in [0.15, 0.2) is 0 Å². The van der Waals surface area contributed by atoms with Gasteiger partial charge in [-0.1, -0.05) is 12.1 Å². The SMILES string of the molecule is CC(C)N1CCC(C(=O)N2CCC3(CC2)Nc2ccccc2NC3=O)C1. The van der Waals surface area contributed by atoms with Gasteiger partial charge in [0.1, 0.15) is 5.54 Å². The lowest BCUT2D eigenvalue weighted by Crippen LogP contribution is -2.59. The van der Waals surface area contributed by atoms with E-state index in [4.69, 9.17) is 0 Å². The summed E-state index contributed by atoms with van der Waals surface area (Å²) in [6.45, 7) is 7.52. The van der Waals surface area contributed by atoms with Gasteiger partial charge >= 0.3 is 0 Å². The summed E-state index contributed by atoms with van der Waals surface area (Å²) in [7, 11) is 0. The lowest BCUT2D eigenvalue weighted by atomic mass is 9.84. The van der Waals surface area contributed by atoms with Crippen molar-refractivity contribution in [3.8, 4) is 0 Å². The normalized spacial score (nSPS) is 25.1. The second-order valence-corrected chi connectivity index (χ2v) is 8.11. The number of fused-ring (bicyclic) bond motifs is 1. The number of anilines is 2. The van der Waals surface area contributed by atoms with Crippen molar-refractivity contribution >= 4 is 23.2 Å². The molecule has 4 rings (SSSR count). The number of rotatable bonds is 2. The smallest absolute Gasteiger partial charge is 0.250 e. The van der Waals surface area contributed by atoms with Crippen LogP contribution in [0.2, 0.25) is 0 Å². The maximum absolute atomic E-state index is 12.9. The highest BCUT2D eigenvalue weighted by Gasteiger charge is 2.45. The van der Waals surface area contributed by atoms with Crippen LogP contribution in [0.3, 0.4) is 0 Å². The molecule has 1 spiro atoms. The predicted molar refractivity (Wildman–Crippen MR) is 102 cm³/mol. The highest BCUT2D eigenvalue weighted by atomic mass is 16.2. The zero-order valence-corrected chi connectivity index (χ0v) is 15.6. The van der Waals surface area contributed by atoms with E-state index in [-0.39, 0.29) is 17.7 Å². The van der Waals surface area contributed by atoms with Crippen molar-refractivity contribution in [2.24, 2.45) is 5.92 Å². The monoisotopic (exact) mass is 356 g/mol. The topological polar surface area (TPSA) is 64.7 Å². The first-order chi connectivity index (χ1) is 12.5. The van der Waals surface area contributed by atoms with Gasteiger partial charge in [0.2, 0.25) is 11.8 Å². The zero-order valence-electron chi connectivity index (χ0n) is 15.6. The first kappa shape index (κ1) is 17.3. The van der Waals surface area contributed by atoms with Crippen molar-refractivity contribution in [1.29, 1.82) is 0 Å². The number of nitrogens with zero attached hydrogens (tertiary/aromatic N) is 2. The van der Waals surface area contributed by atoms with Gasteiger partial charge in [-0.15, -0.1) is 0 Å². The summed E-state index contributed by atoms with van der Waals surface area (Å²) in [6, 6.07) is 8.28. The highest BCUT2D eigenvalue weighted by molar-refractivity contribution is 6.06. The molecule has 1 unspecified atom stereocenters. The van der Waals surface area contributed by atoms with Gasteiger partial charge in [0, 0.05) is 25.7 Å². The maximum atomic E-state index is 12.9. The summed E-state index contributed by atoms with van der Waals surface area (Å²) < 4.78 is 0. The number of likely N-dealkylation sites (tertiary alicyclic amines) is 2. The maximum Gasteiger partial charge on any atom is 0.250 e. The third kappa shape index (κ3) is 2.96. The predicted octanol–water partition coefficient (Wildman–Crippen LogP) is 2.14. The Labute approximate surface area is 154 Å². The fourth-order valence-corrected chi connectivity index (χ4v) is 4.43. The van der Waals surface area contributed by atoms with E-state index in [0.29, 0.717) is 32.0 Å². The molecule has 0 radical (unpaired) electrons. The first-order valence-corrected chi connectivity index (χ1v) is 9.70. The summed E-state index contributed by atoms with van der Waals surface area (Å²) >= 11 is 0. The first-order valence-electron chi connectivity index (χ1n) is 9.70. The molecule has 6 nitrogen and oxygen atoms in total. The second kappa shape index (κ2) is 6.58. The number of amides is 2. The number of para-hydroxylation sites is 2. The van der Waals surface area contributed by atoms with E-state index >= 15 is 0 Å². The molecule has 2 saturated heterocycles. The van der Waals surface area contributed by atoms with Crippen molar-refractivity contribution in [3.05, 3.63) is 24.3 Å². The molecule has 1 atom stereocenters. The molecule has 1 aromatic carbocycles. The minimum atomic E-state index is -0.592. The Hall–Kier alpha value is -2.08. The average Bonchev–Trinajstić information content (AvgIpc) is 3.13. The molecule has 3 aliphatic rings. The number of hydrogen-bond donors (Lipinski definition) is 2. The number of benzene rings is 1. The van der Waals surface area contributed by atoms with Gasteiger partial charge in [0.05, 0.1) is 17.3 Å². The van der Waals surface area contributed by atoms with E-state index < -0.39 is 5.54 Å². The molecule has 2 amide bonds. The Balaban J connectivity index is 1.40. The highest BCUT2D eigenvalue weighted by Crippen LogP contribution is 2.36. The second-order valence-electron chi connectivity index (χ2n) is 8.11. The van der Waals surface area contributed by atoms with Crippen LogP contribution < -0.4 is 10.6 Å². The Morgan fingerprint density at radius 1 is 1.15 bits per heavy atom. The van der Waals surface area contributed by atoms with Crippen LogP contribution in [0.4, 0.5) is 11.4 Å². The van der Waals surface area contributed by atoms with Crippen LogP contribution in [-0.4, -0.2) is 59.4 Å². The molecule has 2 fully saturated rings. The van der Waals surface area contributed by atoms with E-state index in [0.717, 1.165) is 30.9 Å². The summed E-state index contributed by atoms with van der Waals surface area (Å²) in [5, 5.41) is 6.48. The van der Waals surface area contributed by atoms with Crippen molar-refractivity contribution in [2.75, 3.05) is 36.8 Å². The Morgan fingerprint density at radius 3 is 2.50 bits per heavy atom. The van der Waals surface area contributed by atoms with Crippen molar-refractivity contribution in [1.82, 2.24) is 9.80 Å². The third-order valence-electron chi connectivity index (χ3n) is 6.21. The molecule has 0 bridgehead atoms. The van der Waals surface area contributed by atoms with Crippen LogP contribution in [0.5, 0.6) is 0 Å². The largest absolute Gasteiger partial charge is 0.369 e. The molecular formula is C20H28N4O2. The third-order valence-corrected chi connectivity index (χ3v) is 6.21. The van der Waals surface area contributed by atoms with Gasteiger partial charge in [-0.05, 0) is 51.8 Å². The van der Waals surface area contributed by atoms with Crippen molar-refractivity contribution < 1.29 is 9.59 Å². The summed E-state index contributed by atoms with van der Waals surface area (Å²) in [6.07, 6.45) is 2.25. The summed E-state index contributed by atoms with van der Waals surface area (Å²) in [5.74, 6) is 0.398. The fourth-order valence-electron chi connectivity index (χ4n) is 4.43. The van der Waals surface area contributed by atoms with Crippen LogP contribution >= 0.6 is 0 Å². The van der Waals surface area contributed by atoms with Gasteiger partial charge in [-0.25, -0.2) is 0 Å². The minimum Gasteiger partial charge on any atom is -0.369 e. The molecule has 6 heteroatoms. The van der Waals surface area contributed by atoms with Crippen LogP contribution in [0, 0.1) is 5.92 Å². The quantitative estimate of drug-likeness (QED) is 0.852. The van der Waals surface area contributed by atoms with Crippen molar-refractivity contribution in [2.45, 2.75) is 44.7 Å². The van der Waals surface area contributed by atoms with Crippen molar-refractivity contribution in [3.63, 3.8) is 0 Å². The number of carbonyl (C=O) groups is 2. The van der Waals surface area contributed by atoms with Gasteiger partial charge in [-0.2, -0.15) is 0 Å². The summed E-state index contributed by atoms with van der Waals surface area (Å²) in [5.41, 5.74) is 1.21. The molecule has 26 heavy (non-hydrogen) atoms. The fraction of sp³-hybridized carbons (Fsp3) is 0.600. The van der Waals surface area contributed by atoms with Gasteiger partial charge < -0.3 is 20.4 Å². The Morgan fingerprint density at radius 2 is 1.85 bits per heavy atom. The van der Waals surface area contributed by atoms with E-state index in [1.807, 2.05) is 29.2 Å². The molecule has 140 valence electrons.